The Morgan fingerprint density at radius 3 is 2.07 bits per heavy atom. The summed E-state index contributed by atoms with van der Waals surface area (Å²) in [5.41, 5.74) is 7.32. The van der Waals surface area contributed by atoms with Crippen LogP contribution in [0.25, 0.3) is 0 Å². The highest BCUT2D eigenvalue weighted by molar-refractivity contribution is 5.95. The number of nitrogens with two attached hydrogens (primary N) is 1. The van der Waals surface area contributed by atoms with Gasteiger partial charge in [-0.25, -0.2) is 0 Å². The van der Waals surface area contributed by atoms with E-state index in [-0.39, 0.29) is 37.1 Å². The Hall–Kier alpha value is -4.25. The highest BCUT2D eigenvalue weighted by Gasteiger charge is 2.41. The van der Waals surface area contributed by atoms with E-state index >= 15 is 0 Å². The Balaban J connectivity index is 1.74. The Morgan fingerprint density at radius 1 is 0.891 bits per heavy atom. The van der Waals surface area contributed by atoms with Crippen LogP contribution in [0.3, 0.4) is 0 Å². The van der Waals surface area contributed by atoms with Crippen molar-refractivity contribution < 1.29 is 29.1 Å². The van der Waals surface area contributed by atoms with E-state index in [4.69, 9.17) is 5.73 Å². The van der Waals surface area contributed by atoms with Crippen molar-refractivity contribution in [3.8, 4) is 0 Å². The number of hydrogen-bond donors (Lipinski definition) is 5. The van der Waals surface area contributed by atoms with Crippen LogP contribution in [-0.2, 0) is 36.8 Å². The maximum atomic E-state index is 13.8. The molecule has 6 atom stereocenters. The molecule has 2 aromatic carbocycles. The lowest BCUT2D eigenvalue weighted by Gasteiger charge is -2.32. The second-order valence-corrected chi connectivity index (χ2v) is 12.5. The summed E-state index contributed by atoms with van der Waals surface area (Å²) in [5, 5.41) is 19.7. The first kappa shape index (κ1) is 36.2. The molecule has 46 heavy (non-hydrogen) atoms. The van der Waals surface area contributed by atoms with Crippen LogP contribution in [0.15, 0.2) is 60.7 Å². The van der Waals surface area contributed by atoms with E-state index in [0.717, 1.165) is 11.1 Å². The van der Waals surface area contributed by atoms with Gasteiger partial charge in [0.25, 0.3) is 5.91 Å². The van der Waals surface area contributed by atoms with Gasteiger partial charge in [-0.3, -0.25) is 24.0 Å². The SMILES string of the molecule is CC[C@@H](C)[C@H](NC(=O)[C@@H]1CCCN1C(=O)[C@@H](O)[C@H](Cc1ccccc1)NC(=O)CCc1ccccc1)C(=O)N[C@H](C(N)=O)C(C)C. The zero-order valence-electron chi connectivity index (χ0n) is 27.3. The zero-order valence-corrected chi connectivity index (χ0v) is 27.3. The van der Waals surface area contributed by atoms with E-state index in [1.165, 1.54) is 4.90 Å². The number of aryl methyl sites for hydroxylation is 1. The van der Waals surface area contributed by atoms with E-state index < -0.39 is 53.9 Å². The average molecular weight is 636 g/mol. The average Bonchev–Trinajstić information content (AvgIpc) is 3.54. The summed E-state index contributed by atoms with van der Waals surface area (Å²) in [6.45, 7) is 7.46. The summed E-state index contributed by atoms with van der Waals surface area (Å²) < 4.78 is 0. The van der Waals surface area contributed by atoms with Gasteiger partial charge in [0.05, 0.1) is 6.04 Å². The van der Waals surface area contributed by atoms with E-state index in [9.17, 15) is 29.1 Å². The molecule has 250 valence electrons. The molecule has 11 nitrogen and oxygen atoms in total. The predicted octanol–water partition coefficient (Wildman–Crippen LogP) is 1.86. The van der Waals surface area contributed by atoms with Crippen LogP contribution in [0, 0.1) is 11.8 Å². The molecule has 0 aliphatic carbocycles. The van der Waals surface area contributed by atoms with Crippen molar-refractivity contribution in [1.29, 1.82) is 0 Å². The van der Waals surface area contributed by atoms with Crippen LogP contribution in [0.5, 0.6) is 0 Å². The molecule has 0 saturated carbocycles. The van der Waals surface area contributed by atoms with Crippen LogP contribution < -0.4 is 21.7 Å². The Kier molecular flexibility index (Phi) is 13.7. The molecule has 2 aromatic rings. The number of nitrogens with one attached hydrogen (secondary N) is 3. The van der Waals surface area contributed by atoms with Crippen LogP contribution in [0.2, 0.25) is 0 Å². The fraction of sp³-hybridized carbons (Fsp3) is 0.514. The minimum absolute atomic E-state index is 0.178. The molecule has 0 spiro atoms. The molecule has 1 aliphatic heterocycles. The van der Waals surface area contributed by atoms with Gasteiger partial charge in [0.2, 0.25) is 23.6 Å². The summed E-state index contributed by atoms with van der Waals surface area (Å²) in [4.78, 5) is 66.9. The molecular weight excluding hydrogens is 586 g/mol. The van der Waals surface area contributed by atoms with Crippen molar-refractivity contribution in [3.05, 3.63) is 71.8 Å². The van der Waals surface area contributed by atoms with Crippen molar-refractivity contribution in [2.75, 3.05) is 6.54 Å². The van der Waals surface area contributed by atoms with Gasteiger partial charge in [0.15, 0.2) is 6.10 Å². The standard InChI is InChI=1S/C35H49N5O6/c1-5-23(4)30(34(45)38-29(22(2)3)32(36)43)39-33(44)27-17-12-20-40(27)35(46)31(42)26(21-25-15-10-7-11-16-25)37-28(41)19-18-24-13-8-6-9-14-24/h6-11,13-16,22-23,26-27,29-31,42H,5,12,17-21H2,1-4H3,(H2,36,43)(H,37,41)(H,38,45)(H,39,44)/t23-,26+,27+,29+,30+,31+/m1/s1. The van der Waals surface area contributed by atoms with Crippen LogP contribution in [0.4, 0.5) is 0 Å². The number of aliphatic hydroxyl groups excluding tert-OH is 1. The second kappa shape index (κ2) is 17.4. The van der Waals surface area contributed by atoms with Gasteiger partial charge in [-0.15, -0.1) is 0 Å². The molecule has 0 radical (unpaired) electrons. The summed E-state index contributed by atoms with van der Waals surface area (Å²) in [6.07, 6.45) is 0.734. The number of hydrogen-bond acceptors (Lipinski definition) is 6. The highest BCUT2D eigenvalue weighted by atomic mass is 16.3. The van der Waals surface area contributed by atoms with Crippen molar-refractivity contribution in [2.24, 2.45) is 17.6 Å². The monoisotopic (exact) mass is 635 g/mol. The van der Waals surface area contributed by atoms with Crippen molar-refractivity contribution in [3.63, 3.8) is 0 Å². The van der Waals surface area contributed by atoms with E-state index in [0.29, 0.717) is 25.7 Å². The Bertz CT molecular complexity index is 1320. The highest BCUT2D eigenvalue weighted by Crippen LogP contribution is 2.21. The first-order valence-corrected chi connectivity index (χ1v) is 16.2. The van der Waals surface area contributed by atoms with Gasteiger partial charge in [-0.2, -0.15) is 0 Å². The van der Waals surface area contributed by atoms with Crippen LogP contribution >= 0.6 is 0 Å². The molecule has 5 amide bonds. The smallest absolute Gasteiger partial charge is 0.254 e. The molecule has 0 bridgehead atoms. The number of likely N-dealkylation sites (tertiary alicyclic amines) is 1. The van der Waals surface area contributed by atoms with Gasteiger partial charge >= 0.3 is 0 Å². The molecule has 0 aromatic heterocycles. The Morgan fingerprint density at radius 2 is 1.50 bits per heavy atom. The van der Waals surface area contributed by atoms with Gasteiger partial charge in [-0.1, -0.05) is 94.8 Å². The van der Waals surface area contributed by atoms with Gasteiger partial charge in [0, 0.05) is 13.0 Å². The molecule has 1 fully saturated rings. The maximum absolute atomic E-state index is 13.8. The lowest BCUT2D eigenvalue weighted by atomic mass is 9.96. The largest absolute Gasteiger partial charge is 0.381 e. The molecule has 1 saturated heterocycles. The summed E-state index contributed by atoms with van der Waals surface area (Å²) in [7, 11) is 0. The van der Waals surface area contributed by atoms with E-state index in [2.05, 4.69) is 16.0 Å². The maximum Gasteiger partial charge on any atom is 0.254 e. The van der Waals surface area contributed by atoms with Crippen molar-refractivity contribution in [2.45, 2.75) is 96.5 Å². The number of aliphatic hydroxyl groups is 1. The number of benzene rings is 2. The minimum atomic E-state index is -1.61. The predicted molar refractivity (Wildman–Crippen MR) is 175 cm³/mol. The zero-order chi connectivity index (χ0) is 33.8. The minimum Gasteiger partial charge on any atom is -0.381 e. The van der Waals surface area contributed by atoms with Gasteiger partial charge < -0.3 is 31.7 Å². The fourth-order valence-electron chi connectivity index (χ4n) is 5.70. The normalized spacial score (nSPS) is 17.8. The van der Waals surface area contributed by atoms with E-state index in [1.807, 2.05) is 74.5 Å². The number of carbonyl (C=O) groups is 5. The number of rotatable bonds is 16. The fourth-order valence-corrected chi connectivity index (χ4v) is 5.70. The molecule has 1 heterocycles. The molecule has 0 unspecified atom stereocenters. The molecule has 11 heteroatoms. The summed E-state index contributed by atoms with van der Waals surface area (Å²) >= 11 is 0. The molecule has 6 N–H and O–H groups in total. The molecular formula is C35H49N5O6. The number of amides is 5. The summed E-state index contributed by atoms with van der Waals surface area (Å²) in [6, 6.07) is 15.1. The van der Waals surface area contributed by atoms with E-state index in [1.54, 1.807) is 13.8 Å². The third-order valence-electron chi connectivity index (χ3n) is 8.67. The molecule has 3 rings (SSSR count). The number of nitrogens with zero attached hydrogens (tertiary/aromatic N) is 1. The first-order chi connectivity index (χ1) is 21.9. The summed E-state index contributed by atoms with van der Waals surface area (Å²) in [5.74, 6) is -3.21. The van der Waals surface area contributed by atoms with Crippen LogP contribution in [0.1, 0.15) is 64.5 Å². The number of carbonyl (C=O) groups excluding carboxylic acids is 5. The quantitative estimate of drug-likeness (QED) is 0.189. The third kappa shape index (κ3) is 10.1. The first-order valence-electron chi connectivity index (χ1n) is 16.2. The lowest BCUT2D eigenvalue weighted by molar-refractivity contribution is -0.147. The number of primary amides is 1. The third-order valence-corrected chi connectivity index (χ3v) is 8.67. The second-order valence-electron chi connectivity index (χ2n) is 12.5. The van der Waals surface area contributed by atoms with Gasteiger partial charge in [-0.05, 0) is 48.6 Å². The Labute approximate surface area is 271 Å². The van der Waals surface area contributed by atoms with Crippen molar-refractivity contribution in [1.82, 2.24) is 20.9 Å². The lowest BCUT2D eigenvalue weighted by Crippen LogP contribution is -2.60. The van der Waals surface area contributed by atoms with Crippen molar-refractivity contribution >= 4 is 29.5 Å². The topological polar surface area (TPSA) is 171 Å². The molecule has 1 aliphatic rings. The van der Waals surface area contributed by atoms with Crippen LogP contribution in [-0.4, -0.2) is 76.4 Å². The van der Waals surface area contributed by atoms with Gasteiger partial charge in [0.1, 0.15) is 18.1 Å².